The Hall–Kier alpha value is -2.98. The predicted octanol–water partition coefficient (Wildman–Crippen LogP) is -1.82. The van der Waals surface area contributed by atoms with Crippen LogP contribution in [0.5, 0.6) is 0 Å². The number of hydrazine groups is 1. The van der Waals surface area contributed by atoms with E-state index in [1.54, 1.807) is 0 Å². The van der Waals surface area contributed by atoms with Crippen LogP contribution in [0.4, 0.5) is 0 Å². The number of nitrogens with one attached hydrogen (secondary N) is 2. The predicted molar refractivity (Wildman–Crippen MR) is 88.7 cm³/mol. The molecule has 0 aromatic heterocycles. The van der Waals surface area contributed by atoms with Gasteiger partial charge in [0, 0.05) is 19.9 Å². The van der Waals surface area contributed by atoms with E-state index in [1.807, 2.05) is 0 Å². The van der Waals surface area contributed by atoms with Crippen LogP contribution in [0.2, 0.25) is 0 Å². The van der Waals surface area contributed by atoms with Crippen molar-refractivity contribution in [3.05, 3.63) is 0 Å². The van der Waals surface area contributed by atoms with Crippen molar-refractivity contribution in [2.24, 2.45) is 0 Å². The first kappa shape index (κ1) is 20.3. The molecule has 0 aliphatic carbocycles. The molecule has 2 aliphatic heterocycles. The van der Waals surface area contributed by atoms with E-state index in [0.717, 1.165) is 5.01 Å². The van der Waals surface area contributed by atoms with E-state index in [-0.39, 0.29) is 31.7 Å². The van der Waals surface area contributed by atoms with Gasteiger partial charge in [0.25, 0.3) is 5.91 Å². The maximum atomic E-state index is 12.9. The lowest BCUT2D eigenvalue weighted by molar-refractivity contribution is -0.176. The molecule has 0 spiro atoms. The lowest BCUT2D eigenvalue weighted by atomic mass is 10.0. The summed E-state index contributed by atoms with van der Waals surface area (Å²) in [6.07, 6.45) is 0.581. The van der Waals surface area contributed by atoms with Crippen LogP contribution in [0, 0.1) is 0 Å². The molecule has 0 aromatic rings. The first-order valence-corrected chi connectivity index (χ1v) is 8.62. The summed E-state index contributed by atoms with van der Waals surface area (Å²) in [7, 11) is 0. The van der Waals surface area contributed by atoms with Gasteiger partial charge in [0.15, 0.2) is 0 Å². The number of carbonyl (C=O) groups is 6. The molecule has 2 aliphatic rings. The normalized spacial score (nSPS) is 23.7. The summed E-state index contributed by atoms with van der Waals surface area (Å²) < 4.78 is 0. The Balaban J connectivity index is 2.24. The second-order valence-corrected chi connectivity index (χ2v) is 6.50. The highest BCUT2D eigenvalue weighted by molar-refractivity contribution is 5.95. The number of hydrogen-bond donors (Lipinski definition) is 3. The Morgan fingerprint density at radius 3 is 2.59 bits per heavy atom. The Labute approximate surface area is 155 Å². The van der Waals surface area contributed by atoms with Gasteiger partial charge in [-0.15, -0.1) is 0 Å². The zero-order valence-corrected chi connectivity index (χ0v) is 14.8. The molecule has 148 valence electrons. The van der Waals surface area contributed by atoms with Crippen molar-refractivity contribution in [3.8, 4) is 0 Å². The van der Waals surface area contributed by atoms with Gasteiger partial charge in [0.05, 0.1) is 12.5 Å². The van der Waals surface area contributed by atoms with Gasteiger partial charge in [-0.25, -0.2) is 5.01 Å². The highest BCUT2D eigenvalue weighted by Gasteiger charge is 2.44. The average molecular weight is 382 g/mol. The molecule has 11 nitrogen and oxygen atoms in total. The Morgan fingerprint density at radius 2 is 2.00 bits per heavy atom. The van der Waals surface area contributed by atoms with Crippen LogP contribution in [-0.2, 0) is 28.8 Å². The molecule has 2 rings (SSSR count). The van der Waals surface area contributed by atoms with Gasteiger partial charge in [0.2, 0.25) is 17.7 Å². The molecule has 11 heteroatoms. The van der Waals surface area contributed by atoms with Crippen LogP contribution >= 0.6 is 0 Å². The molecule has 4 amide bonds. The number of carboxylic acids is 1. The fourth-order valence-electron chi connectivity index (χ4n) is 3.25. The van der Waals surface area contributed by atoms with E-state index in [2.05, 4.69) is 10.6 Å². The molecule has 3 unspecified atom stereocenters. The molecular weight excluding hydrogens is 360 g/mol. The van der Waals surface area contributed by atoms with Crippen molar-refractivity contribution in [1.82, 2.24) is 20.7 Å². The van der Waals surface area contributed by atoms with E-state index in [1.165, 1.54) is 11.9 Å². The first-order valence-electron chi connectivity index (χ1n) is 8.62. The largest absolute Gasteiger partial charge is 0.481 e. The van der Waals surface area contributed by atoms with E-state index in [0.29, 0.717) is 12.7 Å². The zero-order chi connectivity index (χ0) is 20.1. The van der Waals surface area contributed by atoms with E-state index >= 15 is 0 Å². The number of aldehydes is 1. The molecule has 0 radical (unpaired) electrons. The van der Waals surface area contributed by atoms with E-state index in [9.17, 15) is 28.8 Å². The summed E-state index contributed by atoms with van der Waals surface area (Å²) >= 11 is 0. The summed E-state index contributed by atoms with van der Waals surface area (Å²) in [5.74, 6) is -3.34. The lowest BCUT2D eigenvalue weighted by Gasteiger charge is -2.43. The number of carbonyl (C=O) groups excluding carboxylic acids is 5. The Morgan fingerprint density at radius 1 is 1.30 bits per heavy atom. The second-order valence-electron chi connectivity index (χ2n) is 6.50. The first-order chi connectivity index (χ1) is 12.7. The minimum absolute atomic E-state index is 0.0392. The smallest absolute Gasteiger partial charge is 0.305 e. The minimum Gasteiger partial charge on any atom is -0.481 e. The third-order valence-electron chi connectivity index (χ3n) is 4.43. The quantitative estimate of drug-likeness (QED) is 0.457. The number of aliphatic carboxylic acids is 1. The van der Waals surface area contributed by atoms with Crippen molar-refractivity contribution in [1.29, 1.82) is 0 Å². The topological polar surface area (TPSA) is 153 Å². The van der Waals surface area contributed by atoms with Gasteiger partial charge in [-0.05, 0) is 19.3 Å². The van der Waals surface area contributed by atoms with Gasteiger partial charge in [-0.2, -0.15) is 0 Å². The van der Waals surface area contributed by atoms with Crippen LogP contribution < -0.4 is 10.6 Å². The van der Waals surface area contributed by atoms with Crippen LogP contribution in [0.25, 0.3) is 0 Å². The molecule has 0 saturated carbocycles. The summed E-state index contributed by atoms with van der Waals surface area (Å²) in [5, 5.41) is 15.8. The van der Waals surface area contributed by atoms with Crippen molar-refractivity contribution in [3.63, 3.8) is 0 Å². The molecule has 2 heterocycles. The maximum Gasteiger partial charge on any atom is 0.305 e. The van der Waals surface area contributed by atoms with Gasteiger partial charge < -0.3 is 20.5 Å². The molecule has 2 fully saturated rings. The molecule has 3 N–H and O–H groups in total. The molecular formula is C16H22N4O7. The maximum absolute atomic E-state index is 12.9. The third-order valence-corrected chi connectivity index (χ3v) is 4.43. The number of hydrogen-bond acceptors (Lipinski definition) is 6. The van der Waals surface area contributed by atoms with E-state index in [4.69, 9.17) is 5.11 Å². The molecule has 27 heavy (non-hydrogen) atoms. The molecule has 0 aromatic carbocycles. The number of carboxylic acid groups (broad SMARTS) is 1. The number of nitrogens with zero attached hydrogens (tertiary/aromatic N) is 2. The Bertz CT molecular complexity index is 665. The minimum atomic E-state index is -1.26. The van der Waals surface area contributed by atoms with Crippen molar-refractivity contribution in [2.45, 2.75) is 57.2 Å². The van der Waals surface area contributed by atoms with Gasteiger partial charge in [0.1, 0.15) is 18.4 Å². The number of fused-ring (bicyclic) bond motifs is 1. The highest BCUT2D eigenvalue weighted by atomic mass is 16.4. The fourth-order valence-corrected chi connectivity index (χ4v) is 3.25. The lowest BCUT2D eigenvalue weighted by Crippen LogP contribution is -2.64. The summed E-state index contributed by atoms with van der Waals surface area (Å²) in [4.78, 5) is 71.0. The van der Waals surface area contributed by atoms with Crippen LogP contribution in [0.15, 0.2) is 0 Å². The third kappa shape index (κ3) is 4.80. The van der Waals surface area contributed by atoms with Gasteiger partial charge in [-0.1, -0.05) is 0 Å². The van der Waals surface area contributed by atoms with Crippen molar-refractivity contribution < 1.29 is 33.9 Å². The van der Waals surface area contributed by atoms with Crippen LogP contribution in [-0.4, -0.2) is 75.7 Å². The van der Waals surface area contributed by atoms with E-state index < -0.39 is 48.2 Å². The SMILES string of the molecule is CC(=O)NC1CCC(=O)N2CCCC(C(=O)NC(C=O)CC(=O)O)N2C1=O. The van der Waals surface area contributed by atoms with Crippen molar-refractivity contribution >= 4 is 35.9 Å². The molecule has 0 bridgehead atoms. The standard InChI is InChI=1S/C16H22N4O7/c1-9(22)17-11-4-5-13(23)19-6-2-3-12(20(19)16(11)27)15(26)18-10(8-21)7-14(24)25/h8,10-12H,2-7H2,1H3,(H,17,22)(H,18,26)(H,24,25). The highest BCUT2D eigenvalue weighted by Crippen LogP contribution is 2.25. The van der Waals surface area contributed by atoms with Crippen LogP contribution in [0.3, 0.4) is 0 Å². The zero-order valence-electron chi connectivity index (χ0n) is 14.8. The summed E-state index contributed by atoms with van der Waals surface area (Å²) in [5.41, 5.74) is 0. The van der Waals surface area contributed by atoms with Crippen LogP contribution in [0.1, 0.15) is 39.0 Å². The van der Waals surface area contributed by atoms with Gasteiger partial charge >= 0.3 is 5.97 Å². The molecule has 2 saturated heterocycles. The summed E-state index contributed by atoms with van der Waals surface area (Å²) in [6.45, 7) is 1.51. The monoisotopic (exact) mass is 382 g/mol. The number of amides is 4. The van der Waals surface area contributed by atoms with Crippen molar-refractivity contribution in [2.75, 3.05) is 6.54 Å². The second kappa shape index (κ2) is 8.60. The Kier molecular flexibility index (Phi) is 6.48. The average Bonchev–Trinajstić information content (AvgIpc) is 2.72. The molecule has 3 atom stereocenters. The fraction of sp³-hybridized carbons (Fsp3) is 0.625. The summed E-state index contributed by atoms with van der Waals surface area (Å²) in [6, 6.07) is -3.25. The van der Waals surface area contributed by atoms with Gasteiger partial charge in [-0.3, -0.25) is 29.0 Å². The number of rotatable bonds is 6.